The van der Waals surface area contributed by atoms with Gasteiger partial charge in [-0.3, -0.25) is 0 Å². The van der Waals surface area contributed by atoms with Crippen LogP contribution in [0, 0.1) is 13.8 Å². The molecule has 0 saturated carbocycles. The molecule has 25 heavy (non-hydrogen) atoms. The van der Waals surface area contributed by atoms with Crippen molar-refractivity contribution in [2.75, 3.05) is 0 Å². The standard InChI is InChI=1S/2C10H9.C2H4.2BrH.Zr/c2*1-8-4-2-5-9-6-3-7-10(8)9;1-2;;;/h2*2-7H,1H3;1H,2H3;2*1H;/q2*-1;;;;+2/p-2. The first kappa shape index (κ1) is 20.7. The van der Waals surface area contributed by atoms with Crippen LogP contribution < -0.4 is 0 Å². The smallest absolute Gasteiger partial charge is 0.0488 e. The summed E-state index contributed by atoms with van der Waals surface area (Å²) >= 11 is 5.78. The molecule has 4 aromatic rings. The predicted octanol–water partition coefficient (Wildman–Crippen LogP) is 7.78. The Bertz CT molecular complexity index is 884. The van der Waals surface area contributed by atoms with Gasteiger partial charge >= 0.3 is 51.6 Å². The minimum absolute atomic E-state index is 1.08. The van der Waals surface area contributed by atoms with Gasteiger partial charge in [0.15, 0.2) is 0 Å². The van der Waals surface area contributed by atoms with Gasteiger partial charge < -0.3 is 0 Å². The summed E-state index contributed by atoms with van der Waals surface area (Å²) < 4.78 is 2.20. The van der Waals surface area contributed by atoms with Gasteiger partial charge in [-0.05, 0) is 13.8 Å². The van der Waals surface area contributed by atoms with Gasteiger partial charge in [-0.15, -0.1) is 57.9 Å². The van der Waals surface area contributed by atoms with Crippen LogP contribution in [0.3, 0.4) is 0 Å². The largest absolute Gasteiger partial charge is 0.168 e. The van der Waals surface area contributed by atoms with Crippen LogP contribution in [0.25, 0.3) is 21.5 Å². The summed E-state index contributed by atoms with van der Waals surface area (Å²) in [4.78, 5) is 0. The van der Waals surface area contributed by atoms with Crippen molar-refractivity contribution >= 4 is 49.7 Å². The van der Waals surface area contributed by atoms with Crippen LogP contribution in [0.15, 0.2) is 72.8 Å². The number of aryl methyl sites for hydroxylation is 2. The molecule has 4 rings (SSSR count). The first-order valence-corrected chi connectivity index (χ1v) is 20.9. The molecule has 0 amide bonds. The average molecular weight is 537 g/mol. The molecular weight excluding hydrogens is 515 g/mol. The molecular formula is C22H22Br2Zr-2. The van der Waals surface area contributed by atoms with Gasteiger partial charge in [0.25, 0.3) is 0 Å². The normalized spacial score (nSPS) is 9.80. The molecule has 0 N–H and O–H groups in total. The number of halogens is 2. The van der Waals surface area contributed by atoms with Gasteiger partial charge in [-0.25, -0.2) is 0 Å². The molecule has 0 radical (unpaired) electrons. The summed E-state index contributed by atoms with van der Waals surface area (Å²) in [6.07, 6.45) is 0. The van der Waals surface area contributed by atoms with E-state index in [1.807, 2.05) is 0 Å². The van der Waals surface area contributed by atoms with Crippen molar-refractivity contribution in [3.63, 3.8) is 0 Å². The minimum Gasteiger partial charge on any atom is -0.168 e. The first-order valence-electron chi connectivity index (χ1n) is 8.22. The van der Waals surface area contributed by atoms with E-state index in [-0.39, 0.29) is 0 Å². The zero-order valence-electron chi connectivity index (χ0n) is 14.8. The van der Waals surface area contributed by atoms with E-state index in [1.165, 1.54) is 32.7 Å². The van der Waals surface area contributed by atoms with Crippen LogP contribution in [0.5, 0.6) is 0 Å². The molecule has 130 valence electrons. The van der Waals surface area contributed by atoms with Crippen molar-refractivity contribution in [1.29, 1.82) is 0 Å². The number of rotatable bonds is 0. The van der Waals surface area contributed by atoms with Gasteiger partial charge in [-0.1, -0.05) is 23.3 Å². The molecule has 0 heterocycles. The van der Waals surface area contributed by atoms with Crippen LogP contribution in [0.1, 0.15) is 18.1 Å². The van der Waals surface area contributed by atoms with Crippen molar-refractivity contribution in [1.82, 2.24) is 0 Å². The van der Waals surface area contributed by atoms with E-state index < -0.39 is 16.6 Å². The number of hydrogen-bond acceptors (Lipinski definition) is 0. The Kier molecular flexibility index (Phi) is 8.69. The summed E-state index contributed by atoms with van der Waals surface area (Å²) in [7, 11) is 0. The van der Waals surface area contributed by atoms with Gasteiger partial charge in [0, 0.05) is 0 Å². The Hall–Kier alpha value is -0.627. The summed E-state index contributed by atoms with van der Waals surface area (Å²) in [5.74, 6) is 0. The van der Waals surface area contributed by atoms with Crippen molar-refractivity contribution in [2.24, 2.45) is 0 Å². The van der Waals surface area contributed by atoms with E-state index in [9.17, 15) is 0 Å². The van der Waals surface area contributed by atoms with Gasteiger partial charge in [0.1, 0.15) is 0 Å². The molecule has 0 nitrogen and oxygen atoms in total. The molecule has 0 spiro atoms. The van der Waals surface area contributed by atoms with Crippen LogP contribution >= 0.6 is 24.4 Å². The van der Waals surface area contributed by atoms with E-state index in [4.69, 9.17) is 0 Å². The van der Waals surface area contributed by atoms with E-state index in [0.717, 1.165) is 0 Å². The van der Waals surface area contributed by atoms with E-state index >= 15 is 0 Å². The zero-order valence-corrected chi connectivity index (χ0v) is 20.4. The molecule has 0 aliphatic heterocycles. The molecule has 0 aliphatic rings. The van der Waals surface area contributed by atoms with E-state index in [2.05, 4.69) is 122 Å². The maximum Gasteiger partial charge on any atom is -0.0488 e. The molecule has 0 aromatic heterocycles. The second kappa shape index (κ2) is 10.5. The summed E-state index contributed by atoms with van der Waals surface area (Å²) in [6, 6.07) is 25.5. The SMILES string of the molecule is C[CH]=[Zr]([Br])[Br].Cc1cccc2[cH-]ccc12.Cc1cccc2[cH-]ccc12. The molecule has 0 fully saturated rings. The Morgan fingerprint density at radius 1 is 0.760 bits per heavy atom. The second-order valence-corrected chi connectivity index (χ2v) is 25.0. The summed E-state index contributed by atoms with van der Waals surface area (Å²) in [5.41, 5.74) is 2.73. The maximum absolute atomic E-state index is 3.43. The zero-order chi connectivity index (χ0) is 18.2. The van der Waals surface area contributed by atoms with Gasteiger partial charge in [-0.2, -0.15) is 24.3 Å². The number of fused-ring (bicyclic) bond motifs is 2. The number of hydrogen-bond donors (Lipinski definition) is 0. The summed E-state index contributed by atoms with van der Waals surface area (Å²) in [5, 5.41) is 5.45. The van der Waals surface area contributed by atoms with Crippen LogP contribution in [0.2, 0.25) is 0 Å². The Morgan fingerprint density at radius 2 is 1.16 bits per heavy atom. The number of benzene rings is 2. The van der Waals surface area contributed by atoms with Crippen molar-refractivity contribution in [3.05, 3.63) is 83.9 Å². The topological polar surface area (TPSA) is 0 Å². The third-order valence-electron chi connectivity index (χ3n) is 4.01. The van der Waals surface area contributed by atoms with Crippen molar-refractivity contribution < 1.29 is 16.6 Å². The third-order valence-corrected chi connectivity index (χ3v) is 10.5. The fraction of sp³-hybridized carbons (Fsp3) is 0.136. The van der Waals surface area contributed by atoms with Gasteiger partial charge in [0.2, 0.25) is 0 Å². The van der Waals surface area contributed by atoms with E-state index in [1.54, 1.807) is 0 Å². The van der Waals surface area contributed by atoms with Crippen molar-refractivity contribution in [2.45, 2.75) is 20.8 Å². The Balaban J connectivity index is 0.000000144. The molecule has 0 unspecified atom stereocenters. The van der Waals surface area contributed by atoms with Crippen LogP contribution in [0.4, 0.5) is 0 Å². The molecule has 0 atom stereocenters. The molecule has 4 aromatic carbocycles. The van der Waals surface area contributed by atoms with E-state index in [0.29, 0.717) is 0 Å². The summed E-state index contributed by atoms with van der Waals surface area (Å²) in [6.45, 7) is 6.35. The predicted molar refractivity (Wildman–Crippen MR) is 118 cm³/mol. The Morgan fingerprint density at radius 3 is 1.48 bits per heavy atom. The fourth-order valence-corrected chi connectivity index (χ4v) is 2.65. The maximum atomic E-state index is 3.43. The fourth-order valence-electron chi connectivity index (χ4n) is 2.65. The third kappa shape index (κ3) is 6.24. The second-order valence-electron chi connectivity index (χ2n) is 5.79. The molecule has 0 saturated heterocycles. The molecule has 0 bridgehead atoms. The van der Waals surface area contributed by atoms with Crippen molar-refractivity contribution in [3.8, 4) is 0 Å². The van der Waals surface area contributed by atoms with Crippen LogP contribution in [-0.4, -0.2) is 3.71 Å². The molecule has 3 heteroatoms. The van der Waals surface area contributed by atoms with Gasteiger partial charge in [0.05, 0.1) is 0 Å². The Labute approximate surface area is 169 Å². The monoisotopic (exact) mass is 534 g/mol. The first-order chi connectivity index (χ1) is 12.0. The van der Waals surface area contributed by atoms with Crippen LogP contribution in [-0.2, 0) is 16.6 Å². The minimum atomic E-state index is -1.08. The molecule has 0 aliphatic carbocycles. The average Bonchev–Trinajstić information content (AvgIpc) is 3.26. The quantitative estimate of drug-likeness (QED) is 0.201.